The molecule has 0 aromatic heterocycles. The van der Waals surface area contributed by atoms with Gasteiger partial charge in [-0.25, -0.2) is 0 Å². The number of hydrogen-bond donors (Lipinski definition) is 1. The SMILES string of the molecule is N#CC1(C#N)N=NC(NCc2ccccc2)S1. The van der Waals surface area contributed by atoms with E-state index in [1.165, 1.54) is 0 Å². The third kappa shape index (κ3) is 2.62. The second kappa shape index (κ2) is 4.96. The van der Waals surface area contributed by atoms with Crippen LogP contribution >= 0.6 is 11.8 Å². The average Bonchev–Trinajstić information content (AvgIpc) is 2.82. The minimum Gasteiger partial charge on any atom is -0.281 e. The summed E-state index contributed by atoms with van der Waals surface area (Å²) in [6, 6.07) is 13.6. The number of nitriles is 2. The molecule has 6 heteroatoms. The highest BCUT2D eigenvalue weighted by Gasteiger charge is 2.39. The van der Waals surface area contributed by atoms with E-state index in [1.54, 1.807) is 0 Å². The van der Waals surface area contributed by atoms with Crippen molar-refractivity contribution in [3.63, 3.8) is 0 Å². The predicted molar refractivity (Wildman–Crippen MR) is 63.5 cm³/mol. The largest absolute Gasteiger partial charge is 0.300 e. The molecule has 2 rings (SSSR count). The molecule has 0 bridgehead atoms. The van der Waals surface area contributed by atoms with E-state index >= 15 is 0 Å². The van der Waals surface area contributed by atoms with Crippen molar-refractivity contribution in [3.05, 3.63) is 35.9 Å². The Morgan fingerprint density at radius 2 is 2.00 bits per heavy atom. The van der Waals surface area contributed by atoms with Gasteiger partial charge in [0.1, 0.15) is 12.1 Å². The van der Waals surface area contributed by atoms with Crippen molar-refractivity contribution < 1.29 is 0 Å². The van der Waals surface area contributed by atoms with Gasteiger partial charge in [0, 0.05) is 6.54 Å². The van der Waals surface area contributed by atoms with Crippen LogP contribution in [0.5, 0.6) is 0 Å². The fraction of sp³-hybridized carbons (Fsp3) is 0.273. The molecular weight excluding hydrogens is 234 g/mol. The van der Waals surface area contributed by atoms with Crippen LogP contribution in [0.1, 0.15) is 5.56 Å². The standard InChI is InChI=1S/C11H9N5S/c12-7-11(8-13)16-15-10(17-11)14-6-9-4-2-1-3-5-9/h1-5,10,14H,6H2. The maximum absolute atomic E-state index is 8.84. The molecule has 0 saturated heterocycles. The molecular formula is C11H9N5S. The number of nitrogens with zero attached hydrogens (tertiary/aromatic N) is 4. The normalized spacial score (nSPS) is 20.7. The van der Waals surface area contributed by atoms with Gasteiger partial charge in [0.2, 0.25) is 0 Å². The zero-order valence-corrected chi connectivity index (χ0v) is 9.68. The molecule has 0 aliphatic carbocycles. The van der Waals surface area contributed by atoms with Crippen LogP contribution < -0.4 is 5.32 Å². The molecule has 17 heavy (non-hydrogen) atoms. The molecule has 1 aromatic carbocycles. The molecule has 0 fully saturated rings. The van der Waals surface area contributed by atoms with E-state index in [-0.39, 0.29) is 5.50 Å². The molecule has 1 aliphatic rings. The summed E-state index contributed by atoms with van der Waals surface area (Å²) in [5, 5.41) is 28.4. The summed E-state index contributed by atoms with van der Waals surface area (Å²) in [6.07, 6.45) is 0. The Hall–Kier alpha value is -1.89. The Bertz CT molecular complexity index is 485. The van der Waals surface area contributed by atoms with E-state index in [9.17, 15) is 0 Å². The molecule has 84 valence electrons. The van der Waals surface area contributed by atoms with E-state index in [0.29, 0.717) is 6.54 Å². The summed E-state index contributed by atoms with van der Waals surface area (Å²) in [6.45, 7) is 0.629. The molecule has 1 aliphatic heterocycles. The van der Waals surface area contributed by atoms with Gasteiger partial charge in [0.15, 0.2) is 5.50 Å². The zero-order valence-electron chi connectivity index (χ0n) is 8.87. The van der Waals surface area contributed by atoms with Gasteiger partial charge in [-0.1, -0.05) is 42.1 Å². The van der Waals surface area contributed by atoms with Crippen LogP contribution in [0.2, 0.25) is 0 Å². The van der Waals surface area contributed by atoms with Crippen LogP contribution in [-0.2, 0) is 6.54 Å². The first-order valence-corrected chi connectivity index (χ1v) is 5.85. The molecule has 0 saturated carbocycles. The summed E-state index contributed by atoms with van der Waals surface area (Å²) in [5.74, 6) is 0. The molecule has 1 aromatic rings. The minimum atomic E-state index is -1.38. The number of benzene rings is 1. The van der Waals surface area contributed by atoms with Crippen LogP contribution in [-0.4, -0.2) is 10.4 Å². The molecule has 0 radical (unpaired) electrons. The smallest absolute Gasteiger partial charge is 0.281 e. The summed E-state index contributed by atoms with van der Waals surface area (Å²) >= 11 is 1.11. The highest BCUT2D eigenvalue weighted by atomic mass is 32.2. The van der Waals surface area contributed by atoms with Crippen molar-refractivity contribution in [2.45, 2.75) is 16.9 Å². The first-order chi connectivity index (χ1) is 8.28. The van der Waals surface area contributed by atoms with E-state index < -0.39 is 4.87 Å². The van der Waals surface area contributed by atoms with E-state index in [0.717, 1.165) is 17.3 Å². The fourth-order valence-corrected chi connectivity index (χ4v) is 2.13. The van der Waals surface area contributed by atoms with Gasteiger partial charge in [0.25, 0.3) is 4.87 Å². The lowest BCUT2D eigenvalue weighted by atomic mass is 10.2. The van der Waals surface area contributed by atoms with Crippen LogP contribution in [0, 0.1) is 22.7 Å². The number of hydrogen-bond acceptors (Lipinski definition) is 6. The lowest BCUT2D eigenvalue weighted by Crippen LogP contribution is -2.25. The highest BCUT2D eigenvalue weighted by Crippen LogP contribution is 2.36. The average molecular weight is 243 g/mol. The lowest BCUT2D eigenvalue weighted by Gasteiger charge is -2.10. The maximum Gasteiger partial charge on any atom is 0.300 e. The summed E-state index contributed by atoms with van der Waals surface area (Å²) in [4.78, 5) is -1.38. The maximum atomic E-state index is 8.84. The number of nitrogens with one attached hydrogen (secondary N) is 1. The summed E-state index contributed by atoms with van der Waals surface area (Å²) in [7, 11) is 0. The van der Waals surface area contributed by atoms with E-state index in [1.807, 2.05) is 42.5 Å². The van der Waals surface area contributed by atoms with Crippen molar-refractivity contribution in [1.29, 1.82) is 10.5 Å². The Balaban J connectivity index is 1.91. The molecule has 5 nitrogen and oxygen atoms in total. The number of rotatable bonds is 3. The Morgan fingerprint density at radius 1 is 1.29 bits per heavy atom. The van der Waals surface area contributed by atoms with Crippen molar-refractivity contribution >= 4 is 11.8 Å². The Morgan fingerprint density at radius 3 is 2.59 bits per heavy atom. The third-order valence-electron chi connectivity index (χ3n) is 2.21. The van der Waals surface area contributed by atoms with Gasteiger partial charge < -0.3 is 0 Å². The quantitative estimate of drug-likeness (QED) is 0.879. The Kier molecular flexibility index (Phi) is 3.38. The second-order valence-corrected chi connectivity index (χ2v) is 4.69. The molecule has 1 atom stereocenters. The molecule has 1 heterocycles. The first-order valence-electron chi connectivity index (χ1n) is 4.98. The van der Waals surface area contributed by atoms with Gasteiger partial charge in [-0.3, -0.25) is 5.32 Å². The van der Waals surface area contributed by atoms with Gasteiger partial charge in [-0.2, -0.15) is 15.6 Å². The summed E-state index contributed by atoms with van der Waals surface area (Å²) in [5.41, 5.74) is 0.782. The molecule has 1 N–H and O–H groups in total. The van der Waals surface area contributed by atoms with Gasteiger partial charge in [-0.05, 0) is 5.56 Å². The van der Waals surface area contributed by atoms with Crippen LogP contribution in [0.3, 0.4) is 0 Å². The van der Waals surface area contributed by atoms with Crippen LogP contribution in [0.15, 0.2) is 40.6 Å². The molecule has 0 amide bonds. The number of thioether (sulfide) groups is 1. The van der Waals surface area contributed by atoms with Crippen molar-refractivity contribution in [3.8, 4) is 12.1 Å². The van der Waals surface area contributed by atoms with Gasteiger partial charge in [-0.15, -0.1) is 5.11 Å². The number of azo groups is 1. The predicted octanol–water partition coefficient (Wildman–Crippen LogP) is 2.00. The lowest BCUT2D eigenvalue weighted by molar-refractivity contribution is 0.653. The zero-order chi connectivity index (χ0) is 12.1. The fourth-order valence-electron chi connectivity index (χ4n) is 1.35. The second-order valence-electron chi connectivity index (χ2n) is 3.42. The topological polar surface area (TPSA) is 84.3 Å². The van der Waals surface area contributed by atoms with E-state index in [4.69, 9.17) is 10.5 Å². The van der Waals surface area contributed by atoms with E-state index in [2.05, 4.69) is 15.5 Å². The summed E-state index contributed by atoms with van der Waals surface area (Å²) < 4.78 is 0. The monoisotopic (exact) mass is 243 g/mol. The van der Waals surface area contributed by atoms with Crippen molar-refractivity contribution in [2.24, 2.45) is 10.2 Å². The Labute approximate surface area is 103 Å². The molecule has 1 unspecified atom stereocenters. The minimum absolute atomic E-state index is 0.338. The van der Waals surface area contributed by atoms with Crippen molar-refractivity contribution in [2.75, 3.05) is 0 Å². The van der Waals surface area contributed by atoms with Crippen LogP contribution in [0.4, 0.5) is 0 Å². The van der Waals surface area contributed by atoms with Gasteiger partial charge >= 0.3 is 0 Å². The van der Waals surface area contributed by atoms with Gasteiger partial charge in [0.05, 0.1) is 0 Å². The third-order valence-corrected chi connectivity index (χ3v) is 3.30. The first kappa shape index (κ1) is 11.6. The highest BCUT2D eigenvalue weighted by molar-refractivity contribution is 8.01. The molecule has 0 spiro atoms. The van der Waals surface area contributed by atoms with Crippen molar-refractivity contribution in [1.82, 2.24) is 5.32 Å². The van der Waals surface area contributed by atoms with Crippen LogP contribution in [0.25, 0.3) is 0 Å².